The molecule has 2 aromatic rings. The van der Waals surface area contributed by atoms with Gasteiger partial charge in [-0.05, 0) is 42.5 Å². The van der Waals surface area contributed by atoms with Crippen LogP contribution in [0, 0.1) is 0 Å². The van der Waals surface area contributed by atoms with Gasteiger partial charge in [0.05, 0.1) is 19.8 Å². The predicted molar refractivity (Wildman–Crippen MR) is 81.9 cm³/mol. The summed E-state index contributed by atoms with van der Waals surface area (Å²) in [4.78, 5) is 24.2. The average Bonchev–Trinajstić information content (AvgIpc) is 2.54. The molecule has 0 amide bonds. The zero-order valence-electron chi connectivity index (χ0n) is 12.0. The molecule has 0 aliphatic heterocycles. The molecule has 0 spiro atoms. The molecule has 1 N–H and O–H groups in total. The van der Waals surface area contributed by atoms with Gasteiger partial charge in [0.25, 0.3) is 0 Å². The summed E-state index contributed by atoms with van der Waals surface area (Å²) >= 11 is 1.44. The molecular weight excluding hydrogens is 304 g/mol. The largest absolute Gasteiger partial charge is 0.496 e. The molecule has 5 nitrogen and oxygen atoms in total. The van der Waals surface area contributed by atoms with Crippen LogP contribution in [0.1, 0.15) is 20.7 Å². The number of benzene rings is 2. The van der Waals surface area contributed by atoms with Gasteiger partial charge in [0.2, 0.25) is 0 Å². The lowest BCUT2D eigenvalue weighted by Gasteiger charge is -2.09. The van der Waals surface area contributed by atoms with E-state index < -0.39 is 11.9 Å². The van der Waals surface area contributed by atoms with Crippen molar-refractivity contribution in [2.75, 3.05) is 14.2 Å². The summed E-state index contributed by atoms with van der Waals surface area (Å²) in [5.41, 5.74) is 0.596. The van der Waals surface area contributed by atoms with E-state index in [9.17, 15) is 9.59 Å². The highest BCUT2D eigenvalue weighted by Gasteiger charge is 2.13. The van der Waals surface area contributed by atoms with Gasteiger partial charge >= 0.3 is 11.9 Å². The number of rotatable bonds is 5. The number of carboxylic acids is 1. The van der Waals surface area contributed by atoms with Gasteiger partial charge in [0, 0.05) is 9.79 Å². The average molecular weight is 318 g/mol. The molecule has 0 bridgehead atoms. The monoisotopic (exact) mass is 318 g/mol. The molecule has 0 aliphatic rings. The van der Waals surface area contributed by atoms with Crippen molar-refractivity contribution >= 4 is 23.7 Å². The Bertz CT molecular complexity index is 694. The fraction of sp³-hybridized carbons (Fsp3) is 0.125. The third kappa shape index (κ3) is 3.59. The van der Waals surface area contributed by atoms with Gasteiger partial charge in [-0.1, -0.05) is 11.8 Å². The molecule has 114 valence electrons. The van der Waals surface area contributed by atoms with Gasteiger partial charge in [-0.25, -0.2) is 9.59 Å². The van der Waals surface area contributed by atoms with Crippen LogP contribution in [0.3, 0.4) is 0 Å². The third-order valence-electron chi connectivity index (χ3n) is 2.92. The molecule has 2 aromatic carbocycles. The maximum absolute atomic E-state index is 11.6. The molecule has 0 aliphatic carbocycles. The zero-order chi connectivity index (χ0) is 16.1. The molecule has 22 heavy (non-hydrogen) atoms. The Morgan fingerprint density at radius 1 is 1.00 bits per heavy atom. The summed E-state index contributed by atoms with van der Waals surface area (Å²) in [6.45, 7) is 0. The lowest BCUT2D eigenvalue weighted by atomic mass is 10.2. The Morgan fingerprint density at radius 3 is 2.18 bits per heavy atom. The Morgan fingerprint density at radius 2 is 1.64 bits per heavy atom. The van der Waals surface area contributed by atoms with Crippen molar-refractivity contribution < 1.29 is 24.2 Å². The molecule has 0 heterocycles. The lowest BCUT2D eigenvalue weighted by molar-refractivity contribution is 0.0596. The molecule has 0 saturated carbocycles. The van der Waals surface area contributed by atoms with Crippen molar-refractivity contribution in [1.82, 2.24) is 0 Å². The smallest absolute Gasteiger partial charge is 0.341 e. The predicted octanol–water partition coefficient (Wildman–Crippen LogP) is 3.33. The Kier molecular flexibility index (Phi) is 5.06. The van der Waals surface area contributed by atoms with Gasteiger partial charge in [0.1, 0.15) is 11.3 Å². The van der Waals surface area contributed by atoms with E-state index in [0.29, 0.717) is 11.3 Å². The van der Waals surface area contributed by atoms with E-state index in [1.807, 2.05) is 0 Å². The molecule has 0 radical (unpaired) electrons. The number of esters is 1. The highest BCUT2D eigenvalue weighted by Crippen LogP contribution is 2.32. The second-order valence-corrected chi connectivity index (χ2v) is 5.43. The minimum absolute atomic E-state index is 0.239. The second-order valence-electron chi connectivity index (χ2n) is 4.29. The van der Waals surface area contributed by atoms with E-state index in [-0.39, 0.29) is 5.56 Å². The maximum Gasteiger partial charge on any atom is 0.341 e. The minimum Gasteiger partial charge on any atom is -0.496 e. The van der Waals surface area contributed by atoms with Gasteiger partial charge < -0.3 is 14.6 Å². The fourth-order valence-electron chi connectivity index (χ4n) is 1.82. The van der Waals surface area contributed by atoms with Crippen LogP contribution in [-0.4, -0.2) is 31.3 Å². The first-order valence-corrected chi connectivity index (χ1v) is 7.14. The van der Waals surface area contributed by atoms with E-state index in [1.165, 1.54) is 26.0 Å². The van der Waals surface area contributed by atoms with Crippen LogP contribution in [0.2, 0.25) is 0 Å². The third-order valence-corrected chi connectivity index (χ3v) is 3.91. The maximum atomic E-state index is 11.6. The number of methoxy groups -OCH3 is 2. The fourth-order valence-corrected chi connectivity index (χ4v) is 2.66. The van der Waals surface area contributed by atoms with Crippen LogP contribution in [0.15, 0.2) is 52.3 Å². The number of carboxylic acid groups (broad SMARTS) is 1. The van der Waals surface area contributed by atoms with Crippen molar-refractivity contribution in [3.63, 3.8) is 0 Å². The van der Waals surface area contributed by atoms with Crippen molar-refractivity contribution in [3.05, 3.63) is 53.6 Å². The summed E-state index contributed by atoms with van der Waals surface area (Å²) in [5, 5.41) is 8.87. The highest BCUT2D eigenvalue weighted by molar-refractivity contribution is 7.99. The number of carbonyl (C=O) groups excluding carboxylic acids is 1. The number of hydrogen-bond acceptors (Lipinski definition) is 5. The van der Waals surface area contributed by atoms with E-state index in [4.69, 9.17) is 14.6 Å². The summed E-state index contributed by atoms with van der Waals surface area (Å²) in [5.74, 6) is -0.987. The second kappa shape index (κ2) is 7.00. The molecular formula is C16H14O5S. The molecule has 6 heteroatoms. The van der Waals surface area contributed by atoms with Crippen LogP contribution in [0.4, 0.5) is 0 Å². The van der Waals surface area contributed by atoms with Crippen LogP contribution < -0.4 is 4.74 Å². The highest BCUT2D eigenvalue weighted by atomic mass is 32.2. The Balaban J connectivity index is 2.22. The molecule has 0 atom stereocenters. The van der Waals surface area contributed by atoms with Crippen LogP contribution in [-0.2, 0) is 4.74 Å². The van der Waals surface area contributed by atoms with E-state index in [0.717, 1.165) is 9.79 Å². The summed E-state index contributed by atoms with van der Waals surface area (Å²) in [6, 6.07) is 11.7. The Hall–Kier alpha value is -2.47. The number of aromatic carboxylic acids is 1. The van der Waals surface area contributed by atoms with Crippen molar-refractivity contribution in [1.29, 1.82) is 0 Å². The zero-order valence-corrected chi connectivity index (χ0v) is 12.8. The number of carbonyl (C=O) groups is 2. The van der Waals surface area contributed by atoms with E-state index in [1.54, 1.807) is 42.5 Å². The van der Waals surface area contributed by atoms with Gasteiger partial charge in [-0.3, -0.25) is 0 Å². The van der Waals surface area contributed by atoms with Crippen molar-refractivity contribution in [2.24, 2.45) is 0 Å². The minimum atomic E-state index is -0.958. The molecule has 0 saturated heterocycles. The lowest BCUT2D eigenvalue weighted by Crippen LogP contribution is -2.03. The number of hydrogen-bond donors (Lipinski definition) is 1. The van der Waals surface area contributed by atoms with E-state index in [2.05, 4.69) is 0 Å². The summed E-state index contributed by atoms with van der Waals surface area (Å²) in [6.07, 6.45) is 0. The topological polar surface area (TPSA) is 72.8 Å². The molecule has 0 unspecified atom stereocenters. The van der Waals surface area contributed by atoms with Crippen molar-refractivity contribution in [2.45, 2.75) is 9.79 Å². The van der Waals surface area contributed by atoms with Gasteiger partial charge in [0.15, 0.2) is 0 Å². The first-order chi connectivity index (χ1) is 10.5. The van der Waals surface area contributed by atoms with Crippen molar-refractivity contribution in [3.8, 4) is 5.75 Å². The van der Waals surface area contributed by atoms with Gasteiger partial charge in [-0.2, -0.15) is 0 Å². The summed E-state index contributed by atoms with van der Waals surface area (Å²) in [7, 11) is 2.80. The van der Waals surface area contributed by atoms with Crippen LogP contribution in [0.25, 0.3) is 0 Å². The van der Waals surface area contributed by atoms with E-state index >= 15 is 0 Å². The molecule has 0 aromatic heterocycles. The Labute approximate surface area is 131 Å². The quantitative estimate of drug-likeness (QED) is 0.853. The van der Waals surface area contributed by atoms with Crippen LogP contribution >= 0.6 is 11.8 Å². The first kappa shape index (κ1) is 15.9. The van der Waals surface area contributed by atoms with Gasteiger partial charge in [-0.15, -0.1) is 0 Å². The standard InChI is InChI=1S/C16H14O5S/c1-20-14-9-12(7-8-13(14)16(19)21-2)22-11-5-3-10(4-6-11)15(17)18/h3-9H,1-2H3,(H,17,18). The molecule has 2 rings (SSSR count). The normalized spacial score (nSPS) is 10.1. The summed E-state index contributed by atoms with van der Waals surface area (Å²) < 4.78 is 9.90. The number of ether oxygens (including phenoxy) is 2. The van der Waals surface area contributed by atoms with Crippen LogP contribution in [0.5, 0.6) is 5.75 Å². The SMILES string of the molecule is COC(=O)c1ccc(Sc2ccc(C(=O)O)cc2)cc1OC. The molecule has 0 fully saturated rings. The first-order valence-electron chi connectivity index (χ1n) is 6.32.